The molecule has 4 aliphatic rings. The summed E-state index contributed by atoms with van der Waals surface area (Å²) in [7, 11) is 0. The molecular formula is C25H25ClN2. The summed E-state index contributed by atoms with van der Waals surface area (Å²) in [5.74, 6) is 0.399. The highest BCUT2D eigenvalue weighted by atomic mass is 35.5. The number of nitrogens with two attached hydrogens (primary N) is 1. The maximum Gasteiger partial charge on any atom is 0.0753 e. The fourth-order valence-electron chi connectivity index (χ4n) is 4.73. The summed E-state index contributed by atoms with van der Waals surface area (Å²) in [6, 6.07) is 7.20. The molecule has 2 unspecified atom stereocenters. The van der Waals surface area contributed by atoms with Gasteiger partial charge in [0.25, 0.3) is 0 Å². The van der Waals surface area contributed by atoms with Gasteiger partial charge in [-0.2, -0.15) is 0 Å². The Morgan fingerprint density at radius 2 is 1.96 bits per heavy atom. The van der Waals surface area contributed by atoms with Gasteiger partial charge in [-0.1, -0.05) is 48.0 Å². The van der Waals surface area contributed by atoms with Gasteiger partial charge in [-0.05, 0) is 84.6 Å². The molecule has 0 amide bonds. The number of aliphatic imine (C=N–C) groups is 1. The van der Waals surface area contributed by atoms with Gasteiger partial charge in [0.05, 0.1) is 6.04 Å². The number of aryl methyl sites for hydroxylation is 1. The molecule has 1 heterocycles. The van der Waals surface area contributed by atoms with Crippen LogP contribution < -0.4 is 5.73 Å². The molecule has 3 aliphatic carbocycles. The number of nitrogens with zero attached hydrogens (tertiary/aromatic N) is 1. The third kappa shape index (κ3) is 3.31. The lowest BCUT2D eigenvalue weighted by Gasteiger charge is -2.29. The Morgan fingerprint density at radius 1 is 1.04 bits per heavy atom. The third-order valence-corrected chi connectivity index (χ3v) is 6.60. The average Bonchev–Trinajstić information content (AvgIpc) is 2.73. The van der Waals surface area contributed by atoms with Crippen LogP contribution in [0.15, 0.2) is 75.4 Å². The molecule has 0 radical (unpaired) electrons. The maximum absolute atomic E-state index is 6.23. The van der Waals surface area contributed by atoms with E-state index in [9.17, 15) is 0 Å². The zero-order valence-electron chi connectivity index (χ0n) is 16.0. The van der Waals surface area contributed by atoms with Crippen molar-refractivity contribution in [2.45, 2.75) is 44.6 Å². The molecule has 3 heteroatoms. The van der Waals surface area contributed by atoms with Crippen LogP contribution in [0.1, 0.15) is 54.8 Å². The van der Waals surface area contributed by atoms with Crippen LogP contribution >= 0.6 is 11.6 Å². The summed E-state index contributed by atoms with van der Waals surface area (Å²) < 4.78 is 0. The van der Waals surface area contributed by atoms with Crippen molar-refractivity contribution in [1.82, 2.24) is 0 Å². The Kier molecular flexibility index (Phi) is 4.60. The number of fused-ring (bicyclic) bond motifs is 2. The van der Waals surface area contributed by atoms with E-state index in [0.29, 0.717) is 5.92 Å². The molecule has 2 N–H and O–H groups in total. The first-order valence-electron chi connectivity index (χ1n) is 10.3. The van der Waals surface area contributed by atoms with Gasteiger partial charge in [0.2, 0.25) is 0 Å². The Bertz CT molecular complexity index is 1000. The maximum atomic E-state index is 6.23. The Morgan fingerprint density at radius 3 is 2.86 bits per heavy atom. The van der Waals surface area contributed by atoms with E-state index >= 15 is 0 Å². The van der Waals surface area contributed by atoms with Crippen LogP contribution in [0.3, 0.4) is 0 Å². The van der Waals surface area contributed by atoms with Gasteiger partial charge in [-0.3, -0.25) is 4.99 Å². The highest BCUT2D eigenvalue weighted by molar-refractivity contribution is 6.29. The Balaban J connectivity index is 1.40. The van der Waals surface area contributed by atoms with Gasteiger partial charge >= 0.3 is 0 Å². The van der Waals surface area contributed by atoms with Crippen molar-refractivity contribution in [3.8, 4) is 0 Å². The van der Waals surface area contributed by atoms with Gasteiger partial charge in [0.15, 0.2) is 0 Å². The second-order valence-electron chi connectivity index (χ2n) is 8.13. The molecule has 1 aliphatic heterocycles. The zero-order chi connectivity index (χ0) is 19.1. The van der Waals surface area contributed by atoms with Crippen molar-refractivity contribution in [1.29, 1.82) is 0 Å². The van der Waals surface area contributed by atoms with Crippen LogP contribution in [0, 0.1) is 5.92 Å². The Hall–Kier alpha value is -2.32. The Labute approximate surface area is 171 Å². The van der Waals surface area contributed by atoms with E-state index in [2.05, 4.69) is 48.6 Å². The summed E-state index contributed by atoms with van der Waals surface area (Å²) in [5.41, 5.74) is 14.9. The lowest BCUT2D eigenvalue weighted by molar-refractivity contribution is 0.547. The van der Waals surface area contributed by atoms with Gasteiger partial charge in [-0.15, -0.1) is 0 Å². The second-order valence-corrected chi connectivity index (χ2v) is 8.62. The molecule has 5 rings (SSSR count). The number of hydrogen-bond donors (Lipinski definition) is 1. The summed E-state index contributed by atoms with van der Waals surface area (Å²) >= 11 is 6.13. The van der Waals surface area contributed by atoms with E-state index in [0.717, 1.165) is 49.3 Å². The second kappa shape index (κ2) is 7.25. The number of benzene rings is 1. The molecular weight excluding hydrogens is 364 g/mol. The highest BCUT2D eigenvalue weighted by Crippen LogP contribution is 2.38. The third-order valence-electron chi connectivity index (χ3n) is 6.31. The monoisotopic (exact) mass is 388 g/mol. The molecule has 0 fully saturated rings. The minimum absolute atomic E-state index is 0.271. The molecule has 0 spiro atoms. The first kappa shape index (κ1) is 17.8. The van der Waals surface area contributed by atoms with Crippen molar-refractivity contribution < 1.29 is 0 Å². The molecule has 2 atom stereocenters. The van der Waals surface area contributed by atoms with E-state index in [1.54, 1.807) is 0 Å². The van der Waals surface area contributed by atoms with Crippen LogP contribution in [-0.4, -0.2) is 5.71 Å². The van der Waals surface area contributed by atoms with Crippen LogP contribution in [0.25, 0.3) is 6.08 Å². The number of halogens is 1. The summed E-state index contributed by atoms with van der Waals surface area (Å²) in [4.78, 5) is 5.11. The van der Waals surface area contributed by atoms with Crippen molar-refractivity contribution in [3.05, 3.63) is 87.1 Å². The van der Waals surface area contributed by atoms with E-state index in [1.165, 1.54) is 33.5 Å². The van der Waals surface area contributed by atoms with Gasteiger partial charge in [-0.25, -0.2) is 0 Å². The van der Waals surface area contributed by atoms with Gasteiger partial charge in [0, 0.05) is 22.4 Å². The highest BCUT2D eigenvalue weighted by Gasteiger charge is 2.26. The summed E-state index contributed by atoms with van der Waals surface area (Å²) in [5, 5.41) is 0.851. The average molecular weight is 389 g/mol. The van der Waals surface area contributed by atoms with Gasteiger partial charge in [0.1, 0.15) is 0 Å². The summed E-state index contributed by atoms with van der Waals surface area (Å²) in [6.45, 7) is 0. The van der Waals surface area contributed by atoms with Crippen molar-refractivity contribution in [2.75, 3.05) is 0 Å². The van der Waals surface area contributed by atoms with Crippen molar-refractivity contribution in [2.24, 2.45) is 16.6 Å². The quantitative estimate of drug-likeness (QED) is 0.646. The van der Waals surface area contributed by atoms with Crippen LogP contribution in [0.2, 0.25) is 0 Å². The standard InChI is InChI=1S/C25H25ClN2/c26-21-9-10-22(23(27)15-21)18-7-11-24-20(14-18)8-12-25(28-24)19-6-5-16-3-1-2-4-17(16)13-19/h2,4-7,11,13-15,20,25H,1,3,8-10,12,27H2. The molecule has 2 nitrogen and oxygen atoms in total. The van der Waals surface area contributed by atoms with E-state index < -0.39 is 0 Å². The molecule has 142 valence electrons. The van der Waals surface area contributed by atoms with E-state index in [4.69, 9.17) is 22.3 Å². The molecule has 0 saturated heterocycles. The molecule has 28 heavy (non-hydrogen) atoms. The minimum atomic E-state index is 0.271. The van der Waals surface area contributed by atoms with E-state index in [-0.39, 0.29) is 6.04 Å². The fraction of sp³-hybridized carbons (Fsp3) is 0.320. The lowest BCUT2D eigenvalue weighted by atomic mass is 9.81. The van der Waals surface area contributed by atoms with E-state index in [1.807, 2.05) is 6.08 Å². The van der Waals surface area contributed by atoms with Crippen molar-refractivity contribution >= 4 is 23.4 Å². The summed E-state index contributed by atoms with van der Waals surface area (Å²) in [6.07, 6.45) is 19.5. The molecule has 0 bridgehead atoms. The van der Waals surface area contributed by atoms with Crippen molar-refractivity contribution in [3.63, 3.8) is 0 Å². The molecule has 1 aromatic carbocycles. The molecule has 0 saturated carbocycles. The number of allylic oxidation sites excluding steroid dienone is 8. The van der Waals surface area contributed by atoms with Gasteiger partial charge < -0.3 is 5.73 Å². The zero-order valence-corrected chi connectivity index (χ0v) is 16.8. The van der Waals surface area contributed by atoms with Crippen LogP contribution in [0.5, 0.6) is 0 Å². The number of rotatable bonds is 2. The molecule has 1 aromatic rings. The number of hydrogen-bond acceptors (Lipinski definition) is 2. The van der Waals surface area contributed by atoms with Crippen LogP contribution in [0.4, 0.5) is 0 Å². The lowest BCUT2D eigenvalue weighted by Crippen LogP contribution is -2.21. The normalized spacial score (nSPS) is 26.2. The predicted octanol–water partition coefficient (Wildman–Crippen LogP) is 6.16. The largest absolute Gasteiger partial charge is 0.398 e. The van der Waals surface area contributed by atoms with Crippen LogP contribution in [-0.2, 0) is 6.42 Å². The first-order chi connectivity index (χ1) is 13.7. The minimum Gasteiger partial charge on any atom is -0.398 e. The smallest absolute Gasteiger partial charge is 0.0753 e. The predicted molar refractivity (Wildman–Crippen MR) is 118 cm³/mol. The first-order valence-corrected chi connectivity index (χ1v) is 10.7. The SMILES string of the molecule is NC1=C(C2=CC3CCC(c4ccc5c(c4)C=CCC5)N=C3C=C2)CCC(Cl)=C1. The fourth-order valence-corrected chi connectivity index (χ4v) is 4.94. The topological polar surface area (TPSA) is 38.4 Å². The molecule has 0 aromatic heterocycles.